The fourth-order valence-corrected chi connectivity index (χ4v) is 3.00. The predicted octanol–water partition coefficient (Wildman–Crippen LogP) is 4.23. The Bertz CT molecular complexity index is 561. The van der Waals surface area contributed by atoms with E-state index < -0.39 is 36.1 Å². The van der Waals surface area contributed by atoms with E-state index >= 15 is 0 Å². The number of aliphatic carboxylic acids is 2. The molecule has 2 unspecified atom stereocenters. The van der Waals surface area contributed by atoms with E-state index in [1.807, 2.05) is 0 Å². The summed E-state index contributed by atoms with van der Waals surface area (Å²) >= 11 is 0. The Hall–Kier alpha value is -2.28. The average molecular weight is 613 g/mol. The first-order valence-electron chi connectivity index (χ1n) is 15.2. The van der Waals surface area contributed by atoms with Crippen molar-refractivity contribution in [2.45, 2.75) is 143 Å². The van der Waals surface area contributed by atoms with Crippen molar-refractivity contribution in [3.05, 3.63) is 0 Å². The third-order valence-electron chi connectivity index (χ3n) is 5.37. The summed E-state index contributed by atoms with van der Waals surface area (Å²) in [5.74, 6) is -2.24. The second-order valence-corrected chi connectivity index (χ2v) is 9.81. The van der Waals surface area contributed by atoms with Crippen LogP contribution in [-0.4, -0.2) is 93.2 Å². The summed E-state index contributed by atoms with van der Waals surface area (Å²) in [5, 5.41) is 50.3. The highest BCUT2D eigenvalue weighted by atomic mass is 16.5. The molecule has 0 bridgehead atoms. The first kappa shape index (κ1) is 46.7. The van der Waals surface area contributed by atoms with Crippen molar-refractivity contribution in [2.75, 3.05) is 26.4 Å². The number of rotatable bonds is 22. The summed E-state index contributed by atoms with van der Waals surface area (Å²) in [7, 11) is 0. The molecule has 6 N–H and O–H groups in total. The minimum Gasteiger partial charge on any atom is -0.481 e. The van der Waals surface area contributed by atoms with E-state index in [0.29, 0.717) is 12.8 Å². The van der Waals surface area contributed by atoms with Gasteiger partial charge in [0.25, 0.3) is 0 Å². The monoisotopic (exact) mass is 612 g/mol. The normalized spacial score (nSPS) is 11.2. The number of carboxylic acid groups (broad SMARTS) is 2. The Kier molecular flexibility index (Phi) is 43.0. The molecular weight excluding hydrogens is 552 g/mol. The molecule has 0 amide bonds. The zero-order chi connectivity index (χ0) is 33.0. The van der Waals surface area contributed by atoms with Crippen molar-refractivity contribution in [2.24, 2.45) is 0 Å². The molecule has 0 aromatic heterocycles. The van der Waals surface area contributed by atoms with Crippen LogP contribution in [0.2, 0.25) is 0 Å². The van der Waals surface area contributed by atoms with Gasteiger partial charge < -0.3 is 40.1 Å². The quantitative estimate of drug-likeness (QED) is 0.0750. The van der Waals surface area contributed by atoms with E-state index in [9.17, 15) is 19.2 Å². The Morgan fingerprint density at radius 3 is 1.00 bits per heavy atom. The van der Waals surface area contributed by atoms with Crippen LogP contribution < -0.4 is 0 Å². The third-order valence-corrected chi connectivity index (χ3v) is 5.37. The Morgan fingerprint density at radius 2 is 0.786 bits per heavy atom. The summed E-state index contributed by atoms with van der Waals surface area (Å²) in [4.78, 5) is 40.4. The van der Waals surface area contributed by atoms with Gasteiger partial charge in [-0.3, -0.25) is 19.2 Å². The molecular formula is C30H60O12. The van der Waals surface area contributed by atoms with E-state index in [1.165, 1.54) is 78.1 Å². The molecule has 0 radical (unpaired) electrons. The van der Waals surface area contributed by atoms with Gasteiger partial charge in [-0.05, 0) is 12.8 Å². The number of unbranched alkanes of at least 4 members (excludes halogenated alkanes) is 12. The van der Waals surface area contributed by atoms with Gasteiger partial charge in [-0.2, -0.15) is 0 Å². The molecule has 0 aromatic carbocycles. The Balaban J connectivity index is -0.000000231. The molecule has 0 aliphatic rings. The number of esters is 2. The lowest BCUT2D eigenvalue weighted by Crippen LogP contribution is -2.20. The number of ether oxygens (including phenoxy) is 2. The van der Waals surface area contributed by atoms with Crippen LogP contribution in [0.4, 0.5) is 0 Å². The van der Waals surface area contributed by atoms with Crippen molar-refractivity contribution in [1.29, 1.82) is 0 Å². The van der Waals surface area contributed by atoms with E-state index in [1.54, 1.807) is 0 Å². The fourth-order valence-electron chi connectivity index (χ4n) is 3.00. The summed E-state index contributed by atoms with van der Waals surface area (Å²) in [6.07, 6.45) is 15.4. The highest BCUT2D eigenvalue weighted by molar-refractivity contribution is 5.67. The molecule has 42 heavy (non-hydrogen) atoms. The summed E-state index contributed by atoms with van der Waals surface area (Å²) in [6, 6.07) is 0. The van der Waals surface area contributed by atoms with Crippen molar-refractivity contribution in [3.8, 4) is 0 Å². The molecule has 2 atom stereocenters. The number of hydrogen-bond donors (Lipinski definition) is 6. The molecule has 12 heteroatoms. The molecule has 0 aliphatic carbocycles. The van der Waals surface area contributed by atoms with Crippen LogP contribution in [0.5, 0.6) is 0 Å². The summed E-state index contributed by atoms with van der Waals surface area (Å²) in [6.45, 7) is 5.85. The van der Waals surface area contributed by atoms with Crippen molar-refractivity contribution in [3.63, 3.8) is 0 Å². The van der Waals surface area contributed by atoms with Crippen LogP contribution in [-0.2, 0) is 28.7 Å². The van der Waals surface area contributed by atoms with Gasteiger partial charge in [0.1, 0.15) is 25.4 Å². The number of carboxylic acids is 2. The SMILES string of the molecule is CC(=O)OCC(O)CO.CC(=O)OCC(O)CO.CCCCCCCCCC(=O)O.CCCCCCCCCC(=O)O. The molecule has 0 aliphatic heterocycles. The van der Waals surface area contributed by atoms with Crippen LogP contribution in [0.25, 0.3) is 0 Å². The standard InChI is InChI=1S/2C10H20O2.2C5H10O4/c2*1-2-3-4-5-6-7-8-9-10(11)12;2*1-4(7)9-3-5(8)2-6/h2*2-9H2,1H3,(H,11,12);2*5-6,8H,2-3H2,1H3. The van der Waals surface area contributed by atoms with E-state index in [-0.39, 0.29) is 26.4 Å². The lowest BCUT2D eigenvalue weighted by molar-refractivity contribution is -0.145. The topological polar surface area (TPSA) is 208 Å². The maximum atomic E-state index is 10.1. The van der Waals surface area contributed by atoms with E-state index in [4.69, 9.17) is 30.6 Å². The van der Waals surface area contributed by atoms with Gasteiger partial charge in [-0.15, -0.1) is 0 Å². The molecule has 0 spiro atoms. The molecule has 0 saturated carbocycles. The summed E-state index contributed by atoms with van der Waals surface area (Å²) in [5.41, 5.74) is 0. The average Bonchev–Trinajstić information content (AvgIpc) is 2.94. The molecule has 0 fully saturated rings. The smallest absolute Gasteiger partial charge is 0.303 e. The third kappa shape index (κ3) is 57.6. The van der Waals surface area contributed by atoms with Crippen molar-refractivity contribution in [1.82, 2.24) is 0 Å². The van der Waals surface area contributed by atoms with Crippen molar-refractivity contribution >= 4 is 23.9 Å². The second kappa shape index (κ2) is 38.7. The lowest BCUT2D eigenvalue weighted by atomic mass is 10.1. The number of carbonyl (C=O) groups is 4. The van der Waals surface area contributed by atoms with Crippen LogP contribution in [0.1, 0.15) is 130 Å². The molecule has 252 valence electrons. The minimum atomic E-state index is -0.950. The maximum Gasteiger partial charge on any atom is 0.303 e. The van der Waals surface area contributed by atoms with Gasteiger partial charge in [0.2, 0.25) is 0 Å². The zero-order valence-corrected chi connectivity index (χ0v) is 26.4. The van der Waals surface area contributed by atoms with E-state index in [2.05, 4.69) is 23.3 Å². The van der Waals surface area contributed by atoms with Gasteiger partial charge >= 0.3 is 23.9 Å². The molecule has 0 heterocycles. The number of aliphatic hydroxyl groups is 4. The molecule has 12 nitrogen and oxygen atoms in total. The summed E-state index contributed by atoms with van der Waals surface area (Å²) < 4.78 is 8.69. The van der Waals surface area contributed by atoms with Gasteiger partial charge in [-0.25, -0.2) is 0 Å². The minimum absolute atomic E-state index is 0.133. The number of aliphatic hydroxyl groups excluding tert-OH is 4. The first-order valence-corrected chi connectivity index (χ1v) is 15.2. The van der Waals surface area contributed by atoms with E-state index in [0.717, 1.165) is 25.7 Å². The first-order chi connectivity index (χ1) is 19.9. The van der Waals surface area contributed by atoms with Crippen LogP contribution in [0.3, 0.4) is 0 Å². The largest absolute Gasteiger partial charge is 0.481 e. The molecule has 0 rings (SSSR count). The highest BCUT2D eigenvalue weighted by Crippen LogP contribution is 2.08. The van der Waals surface area contributed by atoms with Gasteiger partial charge in [0, 0.05) is 26.7 Å². The number of hydrogen-bond acceptors (Lipinski definition) is 10. The van der Waals surface area contributed by atoms with Crippen molar-refractivity contribution < 1.29 is 59.3 Å². The Labute approximate surface area is 252 Å². The van der Waals surface area contributed by atoms with Gasteiger partial charge in [-0.1, -0.05) is 90.9 Å². The highest BCUT2D eigenvalue weighted by Gasteiger charge is 2.03. The van der Waals surface area contributed by atoms with Gasteiger partial charge in [0.05, 0.1) is 13.2 Å². The fraction of sp³-hybridized carbons (Fsp3) is 0.867. The van der Waals surface area contributed by atoms with Crippen LogP contribution in [0.15, 0.2) is 0 Å². The molecule has 0 aromatic rings. The predicted molar refractivity (Wildman–Crippen MR) is 160 cm³/mol. The van der Waals surface area contributed by atoms with Crippen LogP contribution in [0, 0.1) is 0 Å². The number of carbonyl (C=O) groups excluding carboxylic acids is 2. The second-order valence-electron chi connectivity index (χ2n) is 9.81. The van der Waals surface area contributed by atoms with Gasteiger partial charge in [0.15, 0.2) is 0 Å². The van der Waals surface area contributed by atoms with Crippen LogP contribution >= 0.6 is 0 Å². The lowest BCUT2D eigenvalue weighted by Gasteiger charge is -2.05. The maximum absolute atomic E-state index is 10.1. The zero-order valence-electron chi connectivity index (χ0n) is 26.4. The molecule has 0 saturated heterocycles. The Morgan fingerprint density at radius 1 is 0.524 bits per heavy atom.